The molecule has 0 saturated carbocycles. The van der Waals surface area contributed by atoms with Crippen molar-refractivity contribution in [2.24, 2.45) is 0 Å². The number of nitrogens with one attached hydrogen (secondary N) is 1. The van der Waals surface area contributed by atoms with Crippen LogP contribution in [0.4, 0.5) is 0 Å². The van der Waals surface area contributed by atoms with Crippen molar-refractivity contribution < 1.29 is 14.3 Å². The van der Waals surface area contributed by atoms with Gasteiger partial charge in [0, 0.05) is 13.7 Å². The third kappa shape index (κ3) is 4.52. The van der Waals surface area contributed by atoms with E-state index in [-0.39, 0.29) is 5.91 Å². The largest absolute Gasteiger partial charge is 0.339 e. The Labute approximate surface area is 66.2 Å². The van der Waals surface area contributed by atoms with Crippen LogP contribution in [0, 0.1) is 0 Å². The van der Waals surface area contributed by atoms with Gasteiger partial charge in [-0.05, 0) is 13.0 Å². The lowest BCUT2D eigenvalue weighted by Gasteiger charge is -2.14. The van der Waals surface area contributed by atoms with E-state index in [0.29, 0.717) is 6.61 Å². The SMILES string of the molecule is C=CC(=O)NC(OC)OCC. The van der Waals surface area contributed by atoms with E-state index in [1.807, 2.05) is 6.92 Å². The van der Waals surface area contributed by atoms with E-state index in [4.69, 9.17) is 9.47 Å². The van der Waals surface area contributed by atoms with Crippen molar-refractivity contribution in [1.82, 2.24) is 5.32 Å². The molecule has 0 aromatic rings. The van der Waals surface area contributed by atoms with Crippen molar-refractivity contribution in [1.29, 1.82) is 0 Å². The van der Waals surface area contributed by atoms with Gasteiger partial charge in [-0.2, -0.15) is 0 Å². The lowest BCUT2D eigenvalue weighted by atomic mass is 10.6. The molecule has 0 rings (SSSR count). The van der Waals surface area contributed by atoms with Gasteiger partial charge in [-0.1, -0.05) is 6.58 Å². The van der Waals surface area contributed by atoms with Gasteiger partial charge in [-0.25, -0.2) is 0 Å². The number of rotatable bonds is 5. The molecule has 4 nitrogen and oxygen atoms in total. The molecule has 0 saturated heterocycles. The van der Waals surface area contributed by atoms with Gasteiger partial charge in [-0.3, -0.25) is 4.79 Å². The molecule has 11 heavy (non-hydrogen) atoms. The third-order valence-electron chi connectivity index (χ3n) is 0.978. The molecule has 1 unspecified atom stereocenters. The van der Waals surface area contributed by atoms with Gasteiger partial charge in [0.1, 0.15) is 0 Å². The molecule has 0 aliphatic rings. The summed E-state index contributed by atoms with van der Waals surface area (Å²) in [6, 6.07) is 0. The maximum absolute atomic E-state index is 10.7. The molecule has 0 radical (unpaired) electrons. The molecule has 1 N–H and O–H groups in total. The van der Waals surface area contributed by atoms with Crippen molar-refractivity contribution in [2.45, 2.75) is 13.3 Å². The average molecular weight is 159 g/mol. The standard InChI is InChI=1S/C7H13NO3/c1-4-6(9)8-7(10-3)11-5-2/h4,7H,1,5H2,2-3H3,(H,8,9). The van der Waals surface area contributed by atoms with E-state index in [1.54, 1.807) is 0 Å². The van der Waals surface area contributed by atoms with Crippen LogP contribution >= 0.6 is 0 Å². The van der Waals surface area contributed by atoms with Crippen molar-refractivity contribution in [3.05, 3.63) is 12.7 Å². The Kier molecular flexibility index (Phi) is 5.42. The molecule has 1 amide bonds. The highest BCUT2D eigenvalue weighted by atomic mass is 16.7. The fourth-order valence-corrected chi connectivity index (χ4v) is 0.495. The van der Waals surface area contributed by atoms with E-state index in [0.717, 1.165) is 6.08 Å². The maximum atomic E-state index is 10.7. The summed E-state index contributed by atoms with van der Waals surface area (Å²) in [7, 11) is 1.45. The predicted molar refractivity (Wildman–Crippen MR) is 40.8 cm³/mol. The van der Waals surface area contributed by atoms with Crippen LogP contribution in [0.15, 0.2) is 12.7 Å². The van der Waals surface area contributed by atoms with E-state index < -0.39 is 6.41 Å². The van der Waals surface area contributed by atoms with Crippen LogP contribution in [0.5, 0.6) is 0 Å². The smallest absolute Gasteiger partial charge is 0.247 e. The first-order valence-corrected chi connectivity index (χ1v) is 3.32. The Balaban J connectivity index is 3.67. The van der Waals surface area contributed by atoms with Gasteiger partial charge in [0.15, 0.2) is 0 Å². The number of hydrogen-bond donors (Lipinski definition) is 1. The predicted octanol–water partition coefficient (Wildman–Crippen LogP) is 0.255. The van der Waals surface area contributed by atoms with Crippen molar-refractivity contribution in [3.8, 4) is 0 Å². The van der Waals surface area contributed by atoms with Gasteiger partial charge in [0.25, 0.3) is 0 Å². The monoisotopic (exact) mass is 159 g/mol. The van der Waals surface area contributed by atoms with Gasteiger partial charge < -0.3 is 14.8 Å². The minimum absolute atomic E-state index is 0.315. The quantitative estimate of drug-likeness (QED) is 0.462. The van der Waals surface area contributed by atoms with Gasteiger partial charge >= 0.3 is 0 Å². The Bertz CT molecular complexity index is 136. The summed E-state index contributed by atoms with van der Waals surface area (Å²) in [5, 5.41) is 2.42. The van der Waals surface area contributed by atoms with Crippen LogP contribution in [0.2, 0.25) is 0 Å². The number of carbonyl (C=O) groups is 1. The van der Waals surface area contributed by atoms with Gasteiger partial charge in [-0.15, -0.1) is 0 Å². The molecule has 4 heteroatoms. The van der Waals surface area contributed by atoms with Crippen LogP contribution in [0.1, 0.15) is 6.92 Å². The third-order valence-corrected chi connectivity index (χ3v) is 0.978. The lowest BCUT2D eigenvalue weighted by molar-refractivity contribution is -0.153. The first-order chi connectivity index (χ1) is 5.24. The van der Waals surface area contributed by atoms with Gasteiger partial charge in [0.05, 0.1) is 0 Å². The van der Waals surface area contributed by atoms with Crippen molar-refractivity contribution in [3.63, 3.8) is 0 Å². The maximum Gasteiger partial charge on any atom is 0.247 e. The first-order valence-electron chi connectivity index (χ1n) is 3.32. The Morgan fingerprint density at radius 1 is 1.82 bits per heavy atom. The van der Waals surface area contributed by atoms with E-state index in [9.17, 15) is 4.79 Å². The van der Waals surface area contributed by atoms with Crippen LogP contribution in [-0.4, -0.2) is 26.0 Å². The molecule has 0 aromatic heterocycles. The van der Waals surface area contributed by atoms with E-state index >= 15 is 0 Å². The first kappa shape index (κ1) is 10.1. The Morgan fingerprint density at radius 2 is 2.45 bits per heavy atom. The number of ether oxygens (including phenoxy) is 2. The number of hydrogen-bond acceptors (Lipinski definition) is 3. The van der Waals surface area contributed by atoms with Gasteiger partial charge in [0.2, 0.25) is 12.3 Å². The second kappa shape index (κ2) is 5.88. The zero-order chi connectivity index (χ0) is 8.69. The summed E-state index contributed by atoms with van der Waals surface area (Å²) in [4.78, 5) is 10.7. The zero-order valence-electron chi connectivity index (χ0n) is 6.79. The Hall–Kier alpha value is -0.870. The molecule has 0 aliphatic carbocycles. The Morgan fingerprint density at radius 3 is 2.82 bits per heavy atom. The highest BCUT2D eigenvalue weighted by Crippen LogP contribution is 1.87. The molecular weight excluding hydrogens is 146 g/mol. The summed E-state index contributed by atoms with van der Waals surface area (Å²) in [5.41, 5.74) is 0. The fraction of sp³-hybridized carbons (Fsp3) is 0.571. The van der Waals surface area contributed by atoms with Crippen molar-refractivity contribution >= 4 is 5.91 Å². The fourth-order valence-electron chi connectivity index (χ4n) is 0.495. The highest BCUT2D eigenvalue weighted by Gasteiger charge is 2.06. The van der Waals surface area contributed by atoms with Crippen molar-refractivity contribution in [2.75, 3.05) is 13.7 Å². The molecule has 0 heterocycles. The van der Waals surface area contributed by atoms with E-state index in [1.165, 1.54) is 7.11 Å². The van der Waals surface area contributed by atoms with Crippen LogP contribution < -0.4 is 5.32 Å². The van der Waals surface area contributed by atoms with Crippen LogP contribution in [0.3, 0.4) is 0 Å². The molecule has 0 spiro atoms. The molecule has 0 bridgehead atoms. The number of amides is 1. The minimum atomic E-state index is -0.675. The second-order valence-corrected chi connectivity index (χ2v) is 1.74. The molecule has 0 aliphatic heterocycles. The summed E-state index contributed by atoms with van der Waals surface area (Å²) >= 11 is 0. The summed E-state index contributed by atoms with van der Waals surface area (Å²) in [6.07, 6.45) is 0.482. The molecule has 0 aromatic carbocycles. The molecule has 0 fully saturated rings. The lowest BCUT2D eigenvalue weighted by Crippen LogP contribution is -2.37. The topological polar surface area (TPSA) is 47.6 Å². The zero-order valence-corrected chi connectivity index (χ0v) is 6.79. The minimum Gasteiger partial charge on any atom is -0.339 e. The second-order valence-electron chi connectivity index (χ2n) is 1.74. The molecule has 1 atom stereocenters. The summed E-state index contributed by atoms with van der Waals surface area (Å²) < 4.78 is 9.72. The van der Waals surface area contributed by atoms with Crippen LogP contribution in [0.25, 0.3) is 0 Å². The summed E-state index contributed by atoms with van der Waals surface area (Å²) in [5.74, 6) is -0.315. The number of methoxy groups -OCH3 is 1. The highest BCUT2D eigenvalue weighted by molar-refractivity contribution is 5.86. The number of carbonyl (C=O) groups excluding carboxylic acids is 1. The average Bonchev–Trinajstić information content (AvgIpc) is 2.03. The molecule has 64 valence electrons. The summed E-state index contributed by atoms with van der Waals surface area (Å²) in [6.45, 7) is 5.58. The molecular formula is C7H13NO3. The van der Waals surface area contributed by atoms with E-state index in [2.05, 4.69) is 11.9 Å². The van der Waals surface area contributed by atoms with Crippen LogP contribution in [-0.2, 0) is 14.3 Å². The normalized spacial score (nSPS) is 12.2.